The number of hydrogen-bond donors (Lipinski definition) is 0. The van der Waals surface area contributed by atoms with Crippen LogP contribution in [0.15, 0.2) is 97.8 Å². The minimum atomic E-state index is -2.98. The maximum absolute atomic E-state index is 13.7. The lowest BCUT2D eigenvalue weighted by Crippen LogP contribution is -2.19. The summed E-state index contributed by atoms with van der Waals surface area (Å²) in [4.78, 5) is 16.9. The molecule has 0 aliphatic carbocycles. The summed E-state index contributed by atoms with van der Waals surface area (Å²) in [7, 11) is 0. The third-order valence-corrected chi connectivity index (χ3v) is 8.33. The number of aromatic nitrogens is 10. The second-order valence-corrected chi connectivity index (χ2v) is 12.3. The van der Waals surface area contributed by atoms with Crippen LogP contribution in [0.5, 0.6) is 0 Å². The number of halogens is 5. The Kier molecular flexibility index (Phi) is 9.84. The van der Waals surface area contributed by atoms with Crippen molar-refractivity contribution < 1.29 is 22.0 Å². The highest BCUT2D eigenvalue weighted by atomic mass is 19.3. The molecule has 0 bridgehead atoms. The first-order valence-electron chi connectivity index (χ1n) is 16.6. The lowest BCUT2D eigenvalue weighted by molar-refractivity contribution is 0.00429. The number of alkyl halides is 3. The van der Waals surface area contributed by atoms with Gasteiger partial charge in [0.15, 0.2) is 22.7 Å². The quantitative estimate of drug-likeness (QED) is 0.138. The van der Waals surface area contributed by atoms with Crippen molar-refractivity contribution >= 4 is 11.3 Å². The number of rotatable bonds is 9. The van der Waals surface area contributed by atoms with Gasteiger partial charge in [0.25, 0.3) is 5.92 Å². The molecule has 0 aliphatic rings. The van der Waals surface area contributed by atoms with E-state index in [2.05, 4.69) is 30.1 Å². The van der Waals surface area contributed by atoms with E-state index >= 15 is 0 Å². The summed E-state index contributed by atoms with van der Waals surface area (Å²) < 4.78 is 72.6. The van der Waals surface area contributed by atoms with Gasteiger partial charge in [-0.05, 0) is 79.2 Å². The molecule has 17 heteroatoms. The molecule has 0 atom stereocenters. The van der Waals surface area contributed by atoms with Gasteiger partial charge in [-0.25, -0.2) is 46.5 Å². The van der Waals surface area contributed by atoms with Crippen LogP contribution in [0.1, 0.15) is 24.7 Å². The highest BCUT2D eigenvalue weighted by Gasteiger charge is 2.26. The molecule has 0 saturated carbocycles. The van der Waals surface area contributed by atoms with Gasteiger partial charge in [-0.15, -0.1) is 0 Å². The van der Waals surface area contributed by atoms with Crippen molar-refractivity contribution in [2.45, 2.75) is 32.4 Å². The maximum Gasteiger partial charge on any atom is 0.262 e. The van der Waals surface area contributed by atoms with Crippen LogP contribution in [0.4, 0.5) is 22.0 Å². The lowest BCUT2D eigenvalue weighted by Gasteiger charge is -2.14. The summed E-state index contributed by atoms with van der Waals surface area (Å²) in [6, 6.07) is 22.4. The highest BCUT2D eigenvalue weighted by Crippen LogP contribution is 2.33. The van der Waals surface area contributed by atoms with E-state index in [1.807, 2.05) is 16.7 Å². The van der Waals surface area contributed by atoms with Crippen molar-refractivity contribution in [3.8, 4) is 57.4 Å². The average Bonchev–Trinajstić information content (AvgIpc) is 3.98. The third-order valence-electron chi connectivity index (χ3n) is 8.33. The third kappa shape index (κ3) is 7.49. The second kappa shape index (κ2) is 15.0. The summed E-state index contributed by atoms with van der Waals surface area (Å²) in [5.41, 5.74) is 5.72. The Morgan fingerprint density at radius 1 is 0.636 bits per heavy atom. The minimum absolute atomic E-state index is 0.215. The fraction of sp³-hybridized carbons (Fsp3) is 0.158. The topological polar surface area (TPSA) is 144 Å². The Balaban J connectivity index is 0.000000169. The molecule has 55 heavy (non-hydrogen) atoms. The van der Waals surface area contributed by atoms with E-state index in [4.69, 9.17) is 0 Å². The molecule has 0 fully saturated rings. The standard InChI is InChI=1S/C19H13F3N6.C19H14F2N6/c1-19(21,22)10-27-11-25-17(12-2-4-13(20)5-3-12)18(27)15-6-7-16-24-9-14(8-23)28(16)26-15;20-8-1-9-26-12-24-18(13-2-4-14(21)5-3-13)19(26)16-6-7-17-23-11-15(10-22)27(17)25-16/h2-7,9,11H,10H2,1H3;2-7,11-12H,1,8-9H2. The molecule has 0 aliphatic heterocycles. The Labute approximate surface area is 309 Å². The molecule has 12 nitrogen and oxygen atoms in total. The number of nitriles is 2. The van der Waals surface area contributed by atoms with E-state index in [1.165, 1.54) is 68.7 Å². The first-order chi connectivity index (χ1) is 26.6. The number of nitrogens with zero attached hydrogens (tertiary/aromatic N) is 12. The predicted molar refractivity (Wildman–Crippen MR) is 190 cm³/mol. The predicted octanol–water partition coefficient (Wildman–Crippen LogP) is 7.56. The normalized spacial score (nSPS) is 11.3. The number of imidazole rings is 4. The average molecular weight is 747 g/mol. The van der Waals surface area contributed by atoms with E-state index < -0.39 is 25.0 Å². The van der Waals surface area contributed by atoms with Crippen LogP contribution in [0.25, 0.3) is 56.6 Å². The van der Waals surface area contributed by atoms with Crippen molar-refractivity contribution in [3.63, 3.8) is 0 Å². The van der Waals surface area contributed by atoms with E-state index in [-0.39, 0.29) is 11.5 Å². The van der Waals surface area contributed by atoms with E-state index in [1.54, 1.807) is 42.7 Å². The first-order valence-corrected chi connectivity index (χ1v) is 16.6. The largest absolute Gasteiger partial charge is 0.329 e. The zero-order valence-corrected chi connectivity index (χ0v) is 28.8. The van der Waals surface area contributed by atoms with Crippen LogP contribution >= 0.6 is 0 Å². The Bertz CT molecular complexity index is 2710. The van der Waals surface area contributed by atoms with Gasteiger partial charge in [0.1, 0.15) is 35.2 Å². The molecule has 0 radical (unpaired) electrons. The monoisotopic (exact) mass is 746 g/mol. The van der Waals surface area contributed by atoms with Gasteiger partial charge in [-0.3, -0.25) is 4.39 Å². The maximum atomic E-state index is 13.7. The molecular formula is C38H27F5N12. The summed E-state index contributed by atoms with van der Waals surface area (Å²) in [6.07, 6.45) is 6.09. The SMILES string of the molecule is CC(F)(F)Cn1cnc(-c2ccc(F)cc2)c1-c1ccc2ncc(C#N)n2n1.N#Cc1cnc2ccc(-c3c(-c4ccc(F)cc4)ncn3CCCF)nn12. The molecule has 2 aromatic carbocycles. The van der Waals surface area contributed by atoms with Gasteiger partial charge in [-0.1, -0.05) is 0 Å². The first kappa shape index (κ1) is 36.1. The summed E-state index contributed by atoms with van der Waals surface area (Å²) in [6.45, 7) is 0.185. The van der Waals surface area contributed by atoms with Crippen LogP contribution in [-0.2, 0) is 13.1 Å². The minimum Gasteiger partial charge on any atom is -0.329 e. The summed E-state index contributed by atoms with van der Waals surface area (Å²) in [5, 5.41) is 27.4. The number of hydrogen-bond acceptors (Lipinski definition) is 8. The summed E-state index contributed by atoms with van der Waals surface area (Å²) >= 11 is 0. The van der Waals surface area contributed by atoms with Crippen molar-refractivity contribution in [1.82, 2.24) is 48.3 Å². The number of aryl methyl sites for hydroxylation is 1. The van der Waals surface area contributed by atoms with Gasteiger partial charge < -0.3 is 9.13 Å². The number of fused-ring (bicyclic) bond motifs is 2. The molecular weight excluding hydrogens is 719 g/mol. The zero-order valence-electron chi connectivity index (χ0n) is 28.8. The molecule has 0 spiro atoms. The molecule has 0 amide bonds. The smallest absolute Gasteiger partial charge is 0.262 e. The van der Waals surface area contributed by atoms with E-state index in [0.29, 0.717) is 69.7 Å². The molecule has 8 rings (SSSR count). The molecule has 8 aromatic rings. The van der Waals surface area contributed by atoms with Crippen molar-refractivity contribution in [3.05, 3.63) is 121 Å². The van der Waals surface area contributed by atoms with Gasteiger partial charge in [0, 0.05) is 24.6 Å². The molecule has 0 saturated heterocycles. The highest BCUT2D eigenvalue weighted by molar-refractivity contribution is 5.78. The van der Waals surface area contributed by atoms with Crippen molar-refractivity contribution in [2.75, 3.05) is 6.67 Å². The molecule has 6 heterocycles. The van der Waals surface area contributed by atoms with Gasteiger partial charge in [0.05, 0.1) is 61.0 Å². The number of benzene rings is 2. The Morgan fingerprint density at radius 2 is 1.09 bits per heavy atom. The fourth-order valence-corrected chi connectivity index (χ4v) is 5.91. The Hall–Kier alpha value is -7.27. The van der Waals surface area contributed by atoms with Gasteiger partial charge >= 0.3 is 0 Å². The molecule has 274 valence electrons. The fourth-order valence-electron chi connectivity index (χ4n) is 5.91. The zero-order chi connectivity index (χ0) is 38.7. The van der Waals surface area contributed by atoms with Crippen molar-refractivity contribution in [1.29, 1.82) is 10.5 Å². The molecule has 0 N–H and O–H groups in total. The second-order valence-electron chi connectivity index (χ2n) is 12.3. The summed E-state index contributed by atoms with van der Waals surface area (Å²) in [5.74, 6) is -3.73. The van der Waals surface area contributed by atoms with Crippen LogP contribution in [-0.4, -0.2) is 60.9 Å². The Morgan fingerprint density at radius 3 is 1.53 bits per heavy atom. The van der Waals surface area contributed by atoms with Gasteiger partial charge in [0.2, 0.25) is 0 Å². The van der Waals surface area contributed by atoms with Crippen molar-refractivity contribution in [2.24, 2.45) is 0 Å². The van der Waals surface area contributed by atoms with Crippen LogP contribution < -0.4 is 0 Å². The molecule has 6 aromatic heterocycles. The van der Waals surface area contributed by atoms with Crippen LogP contribution in [0.2, 0.25) is 0 Å². The van der Waals surface area contributed by atoms with Crippen LogP contribution in [0.3, 0.4) is 0 Å². The lowest BCUT2D eigenvalue weighted by atomic mass is 10.1. The van der Waals surface area contributed by atoms with Gasteiger partial charge in [-0.2, -0.15) is 20.7 Å². The molecule has 0 unspecified atom stereocenters. The van der Waals surface area contributed by atoms with E-state index in [0.717, 1.165) is 12.5 Å². The van der Waals surface area contributed by atoms with E-state index in [9.17, 15) is 32.5 Å². The van der Waals surface area contributed by atoms with Crippen LogP contribution in [0, 0.1) is 34.3 Å².